The number of ether oxygens (including phenoxy) is 1. The molecule has 0 saturated carbocycles. The van der Waals surface area contributed by atoms with E-state index in [0.717, 1.165) is 0 Å². The molecule has 0 spiro atoms. The number of amides is 2. The third-order valence-electron chi connectivity index (χ3n) is 3.10. The van der Waals surface area contributed by atoms with E-state index in [2.05, 4.69) is 10.5 Å². The highest BCUT2D eigenvalue weighted by Crippen LogP contribution is 2.21. The first kappa shape index (κ1) is 13.1. The van der Waals surface area contributed by atoms with Gasteiger partial charge in [0.15, 0.2) is 12.4 Å². The maximum Gasteiger partial charge on any atom is 0.321 e. The number of urea groups is 1. The Morgan fingerprint density at radius 3 is 2.67 bits per heavy atom. The lowest BCUT2D eigenvalue weighted by molar-refractivity contribution is -0.220. The summed E-state index contributed by atoms with van der Waals surface area (Å²) in [5.41, 5.74) is 0. The Balaban J connectivity index is 2.03. The van der Waals surface area contributed by atoms with Crippen LogP contribution in [0.3, 0.4) is 0 Å². The molecule has 2 fully saturated rings. The molecule has 0 aromatic rings. The number of carbonyl (C=O) groups excluding carboxylic acids is 1. The first-order valence-electron chi connectivity index (χ1n) is 5.60. The molecule has 2 aliphatic rings. The molecule has 0 aromatic carbocycles. The van der Waals surface area contributed by atoms with E-state index < -0.39 is 36.7 Å². The van der Waals surface area contributed by atoms with Gasteiger partial charge in [-0.25, -0.2) is 4.79 Å². The molecule has 5 atom stereocenters. The van der Waals surface area contributed by atoms with Crippen molar-refractivity contribution in [3.05, 3.63) is 4.91 Å². The molecule has 0 unspecified atom stereocenters. The summed E-state index contributed by atoms with van der Waals surface area (Å²) in [6.07, 6.45) is -5.51. The van der Waals surface area contributed by atoms with Gasteiger partial charge in [-0.3, -0.25) is 4.90 Å². The molecule has 2 amide bonds. The van der Waals surface area contributed by atoms with Crippen molar-refractivity contribution in [2.24, 2.45) is 5.18 Å². The monoisotopic (exact) mass is 261 g/mol. The molecule has 0 bridgehead atoms. The third-order valence-corrected chi connectivity index (χ3v) is 3.10. The van der Waals surface area contributed by atoms with Crippen molar-refractivity contribution in [1.29, 1.82) is 0 Å². The summed E-state index contributed by atoms with van der Waals surface area (Å²) in [7, 11) is 0. The Morgan fingerprint density at radius 2 is 2.06 bits per heavy atom. The number of nitrogens with zero attached hydrogens (tertiary/aromatic N) is 2. The molecule has 18 heavy (non-hydrogen) atoms. The summed E-state index contributed by atoms with van der Waals surface area (Å²) in [6.45, 7) is -0.00514. The van der Waals surface area contributed by atoms with Crippen molar-refractivity contribution < 1.29 is 24.9 Å². The number of nitroso groups, excluding NO2 is 1. The SMILES string of the molecule is O=N[C@@H]1CCN([C@@H]2OC[C@@H](O)[C@@H](O)[C@H]2O)C(=O)N1. The van der Waals surface area contributed by atoms with Gasteiger partial charge in [0.05, 0.1) is 6.61 Å². The number of carbonyl (C=O) groups is 1. The molecule has 2 rings (SSSR count). The van der Waals surface area contributed by atoms with E-state index in [-0.39, 0.29) is 13.2 Å². The first-order valence-corrected chi connectivity index (χ1v) is 5.60. The lowest BCUT2D eigenvalue weighted by Crippen LogP contribution is -2.64. The van der Waals surface area contributed by atoms with Crippen LogP contribution in [0.15, 0.2) is 5.18 Å². The van der Waals surface area contributed by atoms with Crippen LogP contribution in [0, 0.1) is 4.91 Å². The molecule has 9 nitrogen and oxygen atoms in total. The fourth-order valence-electron chi connectivity index (χ4n) is 2.05. The summed E-state index contributed by atoms with van der Waals surface area (Å²) in [5.74, 6) is 0. The Bertz CT molecular complexity index is 340. The van der Waals surface area contributed by atoms with Gasteiger partial charge in [-0.2, -0.15) is 0 Å². The van der Waals surface area contributed by atoms with Crippen LogP contribution in [0.4, 0.5) is 4.79 Å². The highest BCUT2D eigenvalue weighted by molar-refractivity contribution is 5.75. The summed E-state index contributed by atoms with van der Waals surface area (Å²) in [4.78, 5) is 23.2. The fraction of sp³-hybridized carbons (Fsp3) is 0.889. The molecule has 0 radical (unpaired) electrons. The second kappa shape index (κ2) is 5.14. The molecule has 2 aliphatic heterocycles. The summed E-state index contributed by atoms with van der Waals surface area (Å²) < 4.78 is 5.15. The van der Waals surface area contributed by atoms with Crippen LogP contribution >= 0.6 is 0 Å². The normalized spacial score (nSPS) is 41.4. The molecule has 2 saturated heterocycles. The Kier molecular flexibility index (Phi) is 3.76. The zero-order valence-corrected chi connectivity index (χ0v) is 9.47. The first-order chi connectivity index (χ1) is 8.54. The van der Waals surface area contributed by atoms with Crippen LogP contribution in [0.25, 0.3) is 0 Å². The maximum absolute atomic E-state index is 11.7. The van der Waals surface area contributed by atoms with E-state index in [1.165, 1.54) is 4.90 Å². The Morgan fingerprint density at radius 1 is 1.33 bits per heavy atom. The van der Waals surface area contributed by atoms with Crippen molar-refractivity contribution in [2.45, 2.75) is 37.1 Å². The van der Waals surface area contributed by atoms with E-state index in [1.807, 2.05) is 0 Å². The molecule has 2 heterocycles. The van der Waals surface area contributed by atoms with E-state index in [4.69, 9.17) is 4.74 Å². The Labute approximate surface area is 102 Å². The molecular formula is C9H15N3O6. The molecule has 9 heteroatoms. The zero-order chi connectivity index (χ0) is 13.3. The van der Waals surface area contributed by atoms with E-state index >= 15 is 0 Å². The van der Waals surface area contributed by atoms with E-state index in [9.17, 15) is 25.0 Å². The predicted octanol–water partition coefficient (Wildman–Crippen LogP) is -2.07. The van der Waals surface area contributed by atoms with Gasteiger partial charge in [0.1, 0.15) is 18.3 Å². The lowest BCUT2D eigenvalue weighted by atomic mass is 10.0. The van der Waals surface area contributed by atoms with Gasteiger partial charge in [-0.1, -0.05) is 0 Å². The third kappa shape index (κ3) is 2.29. The number of hydrogen-bond acceptors (Lipinski definition) is 7. The average molecular weight is 261 g/mol. The largest absolute Gasteiger partial charge is 0.388 e. The van der Waals surface area contributed by atoms with Crippen LogP contribution in [0.1, 0.15) is 6.42 Å². The Hall–Kier alpha value is -1.29. The van der Waals surface area contributed by atoms with Crippen LogP contribution in [-0.4, -0.2) is 70.1 Å². The smallest absolute Gasteiger partial charge is 0.321 e. The predicted molar refractivity (Wildman–Crippen MR) is 57.2 cm³/mol. The van der Waals surface area contributed by atoms with Gasteiger partial charge in [0.2, 0.25) is 0 Å². The van der Waals surface area contributed by atoms with Gasteiger partial charge >= 0.3 is 6.03 Å². The number of rotatable bonds is 2. The molecule has 0 aromatic heterocycles. The van der Waals surface area contributed by atoms with Crippen LogP contribution in [0.5, 0.6) is 0 Å². The highest BCUT2D eigenvalue weighted by atomic mass is 16.5. The topological polar surface area (TPSA) is 132 Å². The van der Waals surface area contributed by atoms with E-state index in [0.29, 0.717) is 6.42 Å². The summed E-state index contributed by atoms with van der Waals surface area (Å²) in [6, 6.07) is -0.599. The lowest BCUT2D eigenvalue weighted by Gasteiger charge is -2.42. The summed E-state index contributed by atoms with van der Waals surface area (Å²) in [5, 5.41) is 33.6. The van der Waals surface area contributed by atoms with Crippen LogP contribution in [0.2, 0.25) is 0 Å². The highest BCUT2D eigenvalue weighted by Gasteiger charge is 2.43. The molecule has 0 aliphatic carbocycles. The average Bonchev–Trinajstić information content (AvgIpc) is 2.37. The van der Waals surface area contributed by atoms with Crippen LogP contribution < -0.4 is 5.32 Å². The zero-order valence-electron chi connectivity index (χ0n) is 9.47. The minimum absolute atomic E-state index is 0.173. The second-order valence-corrected chi connectivity index (χ2v) is 4.33. The van der Waals surface area contributed by atoms with Crippen molar-refractivity contribution in [3.63, 3.8) is 0 Å². The number of aliphatic hydroxyl groups is 3. The number of hydrogen-bond donors (Lipinski definition) is 4. The van der Waals surface area contributed by atoms with E-state index in [1.54, 1.807) is 0 Å². The minimum Gasteiger partial charge on any atom is -0.388 e. The quantitative estimate of drug-likeness (QED) is 0.422. The van der Waals surface area contributed by atoms with Gasteiger partial charge in [0.25, 0.3) is 0 Å². The fourth-order valence-corrected chi connectivity index (χ4v) is 2.05. The summed E-state index contributed by atoms with van der Waals surface area (Å²) >= 11 is 0. The van der Waals surface area contributed by atoms with Crippen molar-refractivity contribution in [2.75, 3.05) is 13.2 Å². The van der Waals surface area contributed by atoms with Gasteiger partial charge in [-0.15, -0.1) is 4.91 Å². The standard InChI is InChI=1S/C9H15N3O6/c13-4-3-18-8(7(15)6(4)14)12-2-1-5(11-17)10-9(12)16/h4-8,13-15H,1-3H2,(H,10,16)/t4-,5-,6-,7-,8-/m1/s1. The van der Waals surface area contributed by atoms with Crippen molar-refractivity contribution in [3.8, 4) is 0 Å². The van der Waals surface area contributed by atoms with Crippen molar-refractivity contribution >= 4 is 6.03 Å². The maximum atomic E-state index is 11.7. The molecule has 102 valence electrons. The second-order valence-electron chi connectivity index (χ2n) is 4.33. The molecule has 4 N–H and O–H groups in total. The van der Waals surface area contributed by atoms with Gasteiger partial charge in [0, 0.05) is 13.0 Å². The van der Waals surface area contributed by atoms with Crippen LogP contribution in [-0.2, 0) is 4.74 Å². The number of aliphatic hydroxyl groups excluding tert-OH is 3. The molecular weight excluding hydrogens is 246 g/mol. The van der Waals surface area contributed by atoms with Crippen molar-refractivity contribution in [1.82, 2.24) is 10.2 Å². The van der Waals surface area contributed by atoms with Gasteiger partial charge in [-0.05, 0) is 5.18 Å². The van der Waals surface area contributed by atoms with Gasteiger partial charge < -0.3 is 25.4 Å². The number of nitrogens with one attached hydrogen (secondary N) is 1. The minimum atomic E-state index is -1.40.